The minimum Gasteiger partial charge on any atom is -0.368 e. The summed E-state index contributed by atoms with van der Waals surface area (Å²) in [4.78, 5) is 9.20. The fourth-order valence-electron chi connectivity index (χ4n) is 3.50. The molecule has 1 aromatic carbocycles. The van der Waals surface area contributed by atoms with Gasteiger partial charge in [-0.1, -0.05) is 24.3 Å². The van der Waals surface area contributed by atoms with Gasteiger partial charge in [-0.15, -0.1) is 34.2 Å². The highest BCUT2D eigenvalue weighted by atomic mass is 127. The summed E-state index contributed by atoms with van der Waals surface area (Å²) in [5.41, 5.74) is 2.17. The van der Waals surface area contributed by atoms with Crippen LogP contribution in [0.4, 0.5) is 5.69 Å². The highest BCUT2D eigenvalue weighted by Crippen LogP contribution is 2.15. The third kappa shape index (κ3) is 4.54. The molecule has 2 aromatic heterocycles. The zero-order valence-electron chi connectivity index (χ0n) is 16.0. The number of fused-ring (bicyclic) bond motifs is 1. The highest BCUT2D eigenvalue weighted by molar-refractivity contribution is 14.0. The van der Waals surface area contributed by atoms with E-state index in [4.69, 9.17) is 0 Å². The van der Waals surface area contributed by atoms with Crippen LogP contribution in [0.3, 0.4) is 0 Å². The molecule has 1 aliphatic rings. The van der Waals surface area contributed by atoms with Crippen molar-refractivity contribution in [1.29, 1.82) is 0 Å². The predicted molar refractivity (Wildman–Crippen MR) is 124 cm³/mol. The number of halogens is 1. The van der Waals surface area contributed by atoms with Gasteiger partial charge in [0.05, 0.1) is 0 Å². The first-order valence-electron chi connectivity index (χ1n) is 9.39. The zero-order valence-corrected chi connectivity index (χ0v) is 18.4. The molecule has 7 nitrogen and oxygen atoms in total. The number of anilines is 1. The first-order valence-corrected chi connectivity index (χ1v) is 9.39. The summed E-state index contributed by atoms with van der Waals surface area (Å²) in [6, 6.07) is 16.5. The summed E-state index contributed by atoms with van der Waals surface area (Å²) in [7, 11) is 1.85. The van der Waals surface area contributed by atoms with Gasteiger partial charge in [0.1, 0.15) is 5.82 Å². The molecule has 148 valence electrons. The van der Waals surface area contributed by atoms with E-state index in [0.29, 0.717) is 0 Å². The number of para-hydroxylation sites is 1. The molecule has 0 spiro atoms. The minimum absolute atomic E-state index is 0. The fraction of sp³-hybridized carbons (Fsp3) is 0.350. The van der Waals surface area contributed by atoms with E-state index >= 15 is 0 Å². The largest absolute Gasteiger partial charge is 0.368 e. The summed E-state index contributed by atoms with van der Waals surface area (Å²) in [6.07, 6.45) is 2.80. The molecule has 1 saturated heterocycles. The van der Waals surface area contributed by atoms with Crippen LogP contribution in [0, 0.1) is 0 Å². The maximum atomic E-state index is 4.46. The van der Waals surface area contributed by atoms with Gasteiger partial charge in [-0.05, 0) is 24.3 Å². The Hall–Kier alpha value is -2.36. The van der Waals surface area contributed by atoms with Gasteiger partial charge >= 0.3 is 0 Å². The van der Waals surface area contributed by atoms with Crippen molar-refractivity contribution in [1.82, 2.24) is 24.8 Å². The van der Waals surface area contributed by atoms with Crippen LogP contribution in [-0.4, -0.2) is 65.2 Å². The second-order valence-corrected chi connectivity index (χ2v) is 6.58. The number of benzene rings is 1. The van der Waals surface area contributed by atoms with Crippen molar-refractivity contribution in [3.63, 3.8) is 0 Å². The average molecular weight is 491 g/mol. The van der Waals surface area contributed by atoms with Gasteiger partial charge in [-0.25, -0.2) is 0 Å². The molecular weight excluding hydrogens is 465 g/mol. The fourth-order valence-corrected chi connectivity index (χ4v) is 3.50. The lowest BCUT2D eigenvalue weighted by molar-refractivity contribution is 0.373. The molecule has 3 heterocycles. The Balaban J connectivity index is 0.00000225. The number of nitrogens with one attached hydrogen (secondary N) is 1. The number of rotatable bonds is 4. The first-order chi connectivity index (χ1) is 13.3. The molecule has 4 rings (SSSR count). The Morgan fingerprint density at radius 2 is 1.75 bits per heavy atom. The Morgan fingerprint density at radius 3 is 2.50 bits per heavy atom. The van der Waals surface area contributed by atoms with Crippen LogP contribution in [-0.2, 0) is 6.42 Å². The molecule has 8 heteroatoms. The number of hydrogen-bond acceptors (Lipinski definition) is 4. The smallest absolute Gasteiger partial charge is 0.193 e. The summed E-state index contributed by atoms with van der Waals surface area (Å²) in [6.45, 7) is 4.70. The topological polar surface area (TPSA) is 61.1 Å². The first kappa shape index (κ1) is 20.4. The second kappa shape index (κ2) is 9.72. The van der Waals surface area contributed by atoms with E-state index in [0.717, 1.165) is 56.6 Å². The Labute approximate surface area is 182 Å². The molecule has 1 N–H and O–H groups in total. The standard InChI is InChI=1S/C20H25N7.HI/c1-21-20(22-11-10-19-24-23-18-9-5-6-12-27(18)19)26-15-13-25(14-16-26)17-7-3-2-4-8-17;/h2-9,12H,10-11,13-16H2,1H3,(H,21,22);1H. The van der Waals surface area contributed by atoms with Gasteiger partial charge in [0.25, 0.3) is 0 Å². The highest BCUT2D eigenvalue weighted by Gasteiger charge is 2.19. The molecule has 3 aromatic rings. The molecule has 0 atom stereocenters. The number of aromatic nitrogens is 3. The lowest BCUT2D eigenvalue weighted by Gasteiger charge is -2.37. The second-order valence-electron chi connectivity index (χ2n) is 6.58. The van der Waals surface area contributed by atoms with Crippen molar-refractivity contribution in [2.24, 2.45) is 4.99 Å². The van der Waals surface area contributed by atoms with E-state index in [1.54, 1.807) is 0 Å². The van der Waals surface area contributed by atoms with Crippen LogP contribution in [0.25, 0.3) is 5.65 Å². The molecular formula is C20H26IN7. The van der Waals surface area contributed by atoms with Gasteiger partial charge in [0, 0.05) is 58.1 Å². The third-order valence-electron chi connectivity index (χ3n) is 4.93. The van der Waals surface area contributed by atoms with Gasteiger partial charge in [0.2, 0.25) is 0 Å². The van der Waals surface area contributed by atoms with Crippen LogP contribution >= 0.6 is 24.0 Å². The minimum atomic E-state index is 0. The Kier molecular flexibility index (Phi) is 7.07. The van der Waals surface area contributed by atoms with Gasteiger partial charge in [-0.2, -0.15) is 0 Å². The number of guanidine groups is 1. The number of aliphatic imine (C=N–C) groups is 1. The lowest BCUT2D eigenvalue weighted by atomic mass is 10.2. The average Bonchev–Trinajstić information content (AvgIpc) is 3.15. The number of piperazine rings is 1. The van der Waals surface area contributed by atoms with Gasteiger partial charge in [-0.3, -0.25) is 9.39 Å². The van der Waals surface area contributed by atoms with Crippen LogP contribution in [0.1, 0.15) is 5.82 Å². The number of pyridine rings is 1. The van der Waals surface area contributed by atoms with Crippen LogP contribution in [0.5, 0.6) is 0 Å². The molecule has 28 heavy (non-hydrogen) atoms. The molecule has 0 saturated carbocycles. The van der Waals surface area contributed by atoms with Crippen molar-refractivity contribution in [3.05, 3.63) is 60.6 Å². The van der Waals surface area contributed by atoms with E-state index in [9.17, 15) is 0 Å². The van der Waals surface area contributed by atoms with E-state index in [-0.39, 0.29) is 24.0 Å². The van der Waals surface area contributed by atoms with Crippen LogP contribution in [0.15, 0.2) is 59.7 Å². The summed E-state index contributed by atoms with van der Waals surface area (Å²) < 4.78 is 2.03. The maximum absolute atomic E-state index is 4.46. The van der Waals surface area contributed by atoms with Gasteiger partial charge < -0.3 is 15.1 Å². The summed E-state index contributed by atoms with van der Waals surface area (Å²) in [5, 5.41) is 12.0. The van der Waals surface area contributed by atoms with Crippen LogP contribution < -0.4 is 10.2 Å². The zero-order chi connectivity index (χ0) is 18.5. The Bertz CT molecular complexity index is 901. The molecule has 0 unspecified atom stereocenters. The SMILES string of the molecule is CN=C(NCCc1nnc2ccccn12)N1CCN(c2ccccc2)CC1.I. The van der Waals surface area contributed by atoms with E-state index in [1.807, 2.05) is 35.8 Å². The van der Waals surface area contributed by atoms with Gasteiger partial charge in [0.15, 0.2) is 11.6 Å². The molecule has 0 bridgehead atoms. The molecule has 0 radical (unpaired) electrons. The van der Waals surface area contributed by atoms with E-state index in [1.165, 1.54) is 5.69 Å². The number of hydrogen-bond donors (Lipinski definition) is 1. The molecule has 1 fully saturated rings. The summed E-state index contributed by atoms with van der Waals surface area (Å²) >= 11 is 0. The maximum Gasteiger partial charge on any atom is 0.193 e. The normalized spacial score (nSPS) is 14.8. The van der Waals surface area contributed by atoms with Crippen molar-refractivity contribution in [2.45, 2.75) is 6.42 Å². The monoisotopic (exact) mass is 491 g/mol. The molecule has 0 aliphatic carbocycles. The quantitative estimate of drug-likeness (QED) is 0.345. The third-order valence-corrected chi connectivity index (χ3v) is 4.93. The van der Waals surface area contributed by atoms with E-state index in [2.05, 4.69) is 60.6 Å². The lowest BCUT2D eigenvalue weighted by Crippen LogP contribution is -2.52. The summed E-state index contributed by atoms with van der Waals surface area (Å²) in [5.74, 6) is 1.92. The Morgan fingerprint density at radius 1 is 1.00 bits per heavy atom. The van der Waals surface area contributed by atoms with Crippen LogP contribution in [0.2, 0.25) is 0 Å². The van der Waals surface area contributed by atoms with Crippen molar-refractivity contribution in [2.75, 3.05) is 44.7 Å². The molecule has 0 amide bonds. The number of nitrogens with zero attached hydrogens (tertiary/aromatic N) is 6. The van der Waals surface area contributed by atoms with E-state index < -0.39 is 0 Å². The van der Waals surface area contributed by atoms with Crippen molar-refractivity contribution in [3.8, 4) is 0 Å². The van der Waals surface area contributed by atoms with Crippen molar-refractivity contribution >= 4 is 41.3 Å². The van der Waals surface area contributed by atoms with Crippen molar-refractivity contribution < 1.29 is 0 Å². The predicted octanol–water partition coefficient (Wildman–Crippen LogP) is 2.29. The molecule has 1 aliphatic heterocycles.